The number of carbonyl (C=O) groups excluding carboxylic acids is 1. The zero-order valence-electron chi connectivity index (χ0n) is 12.2. The highest BCUT2D eigenvalue weighted by atomic mass is 79.9. The fourth-order valence-electron chi connectivity index (χ4n) is 2.55. The van der Waals surface area contributed by atoms with Crippen LogP contribution in [0.25, 0.3) is 0 Å². The molecule has 0 radical (unpaired) electrons. The molecule has 21 heavy (non-hydrogen) atoms. The van der Waals surface area contributed by atoms with E-state index in [1.165, 1.54) is 7.11 Å². The average Bonchev–Trinajstić information content (AvgIpc) is 2.73. The number of hydrogen-bond acceptors (Lipinski definition) is 4. The monoisotopic (exact) mass is 356 g/mol. The van der Waals surface area contributed by atoms with Crippen molar-refractivity contribution in [3.8, 4) is 11.5 Å². The Bertz CT molecular complexity index is 496. The summed E-state index contributed by atoms with van der Waals surface area (Å²) in [6.07, 6.45) is 0.948. The summed E-state index contributed by atoms with van der Waals surface area (Å²) in [7, 11) is 1.48. The second kappa shape index (κ2) is 7.66. The number of halogens is 1. The van der Waals surface area contributed by atoms with Crippen LogP contribution in [0.2, 0.25) is 0 Å². The van der Waals surface area contributed by atoms with Gasteiger partial charge in [0.15, 0.2) is 11.5 Å². The Balaban J connectivity index is 2.10. The van der Waals surface area contributed by atoms with E-state index >= 15 is 0 Å². The number of aromatic hydroxyl groups is 1. The van der Waals surface area contributed by atoms with Crippen molar-refractivity contribution in [2.75, 3.05) is 45.2 Å². The van der Waals surface area contributed by atoms with E-state index in [0.29, 0.717) is 24.4 Å². The molecule has 1 fully saturated rings. The van der Waals surface area contributed by atoms with E-state index in [2.05, 4.69) is 20.8 Å². The fourth-order valence-corrected chi connectivity index (χ4v) is 3.05. The lowest BCUT2D eigenvalue weighted by molar-refractivity contribution is 0.0758. The number of rotatable bonds is 4. The number of methoxy groups -OCH3 is 1. The first-order chi connectivity index (χ1) is 10.2. The number of benzene rings is 1. The summed E-state index contributed by atoms with van der Waals surface area (Å²) < 4.78 is 5.06. The van der Waals surface area contributed by atoms with Crippen molar-refractivity contribution in [3.63, 3.8) is 0 Å². The van der Waals surface area contributed by atoms with Crippen molar-refractivity contribution in [2.45, 2.75) is 6.42 Å². The molecule has 0 spiro atoms. The molecule has 0 unspecified atom stereocenters. The molecule has 6 heteroatoms. The first-order valence-corrected chi connectivity index (χ1v) is 8.23. The van der Waals surface area contributed by atoms with Crippen molar-refractivity contribution in [2.24, 2.45) is 0 Å². The molecule has 2 rings (SSSR count). The normalized spacial score (nSPS) is 16.6. The van der Waals surface area contributed by atoms with Crippen molar-refractivity contribution in [1.82, 2.24) is 9.80 Å². The van der Waals surface area contributed by atoms with Crippen LogP contribution in [0.4, 0.5) is 0 Å². The van der Waals surface area contributed by atoms with Crippen molar-refractivity contribution in [1.29, 1.82) is 0 Å². The topological polar surface area (TPSA) is 53.0 Å². The van der Waals surface area contributed by atoms with E-state index in [9.17, 15) is 9.90 Å². The predicted molar refractivity (Wildman–Crippen MR) is 85.4 cm³/mol. The van der Waals surface area contributed by atoms with Gasteiger partial charge in [-0.05, 0) is 25.1 Å². The van der Waals surface area contributed by atoms with Crippen LogP contribution in [0.1, 0.15) is 16.8 Å². The van der Waals surface area contributed by atoms with E-state index in [1.807, 2.05) is 4.90 Å². The van der Waals surface area contributed by atoms with Gasteiger partial charge in [-0.2, -0.15) is 0 Å². The van der Waals surface area contributed by atoms with Gasteiger partial charge in [0.05, 0.1) is 12.7 Å². The maximum atomic E-state index is 12.6. The van der Waals surface area contributed by atoms with E-state index in [4.69, 9.17) is 4.74 Å². The molecule has 1 aliphatic rings. The third-order valence-electron chi connectivity index (χ3n) is 3.73. The molecule has 0 bridgehead atoms. The lowest BCUT2D eigenvalue weighted by Crippen LogP contribution is -2.35. The first kappa shape index (κ1) is 16.1. The van der Waals surface area contributed by atoms with Gasteiger partial charge in [-0.15, -0.1) is 0 Å². The third kappa shape index (κ3) is 3.89. The van der Waals surface area contributed by atoms with Crippen LogP contribution in [-0.4, -0.2) is 66.0 Å². The molecule has 0 atom stereocenters. The van der Waals surface area contributed by atoms with Crippen molar-refractivity contribution < 1.29 is 14.6 Å². The molecule has 1 saturated heterocycles. The molecular formula is C15H21BrN2O3. The summed E-state index contributed by atoms with van der Waals surface area (Å²) >= 11 is 3.45. The van der Waals surface area contributed by atoms with Gasteiger partial charge in [-0.3, -0.25) is 4.79 Å². The Morgan fingerprint density at radius 3 is 2.86 bits per heavy atom. The molecule has 1 aromatic rings. The summed E-state index contributed by atoms with van der Waals surface area (Å²) in [6.45, 7) is 4.25. The minimum absolute atomic E-state index is 0.0773. The molecule has 0 aliphatic carbocycles. The number of phenolic OH excluding ortho intramolecular Hbond substituents is 1. The molecule has 1 amide bonds. The molecule has 0 aromatic heterocycles. The van der Waals surface area contributed by atoms with Crippen LogP contribution >= 0.6 is 15.9 Å². The number of nitrogens with zero attached hydrogens (tertiary/aromatic N) is 2. The first-order valence-electron chi connectivity index (χ1n) is 7.11. The van der Waals surface area contributed by atoms with E-state index in [0.717, 1.165) is 31.4 Å². The van der Waals surface area contributed by atoms with E-state index < -0.39 is 0 Å². The average molecular weight is 357 g/mol. The molecule has 116 valence electrons. The van der Waals surface area contributed by atoms with Gasteiger partial charge in [0.1, 0.15) is 0 Å². The lowest BCUT2D eigenvalue weighted by Gasteiger charge is -2.22. The molecule has 0 saturated carbocycles. The predicted octanol–water partition coefficient (Wildman–Crippen LogP) is 1.94. The number of ether oxygens (including phenoxy) is 1. The quantitative estimate of drug-likeness (QED) is 0.837. The number of hydrogen-bond donors (Lipinski definition) is 1. The SMILES string of the molecule is COc1cccc(C(=O)N2CCCN(CCBr)CC2)c1O. The fraction of sp³-hybridized carbons (Fsp3) is 0.533. The maximum absolute atomic E-state index is 12.6. The van der Waals surface area contributed by atoms with Gasteiger partial charge in [0, 0.05) is 31.5 Å². The molecule has 1 heterocycles. The number of phenols is 1. The van der Waals surface area contributed by atoms with Crippen molar-refractivity contribution >= 4 is 21.8 Å². The maximum Gasteiger partial charge on any atom is 0.257 e. The Hall–Kier alpha value is -1.27. The zero-order valence-corrected chi connectivity index (χ0v) is 13.8. The number of alkyl halides is 1. The smallest absolute Gasteiger partial charge is 0.257 e. The molecular weight excluding hydrogens is 336 g/mol. The second-order valence-corrected chi connectivity index (χ2v) is 5.83. The Labute approximate surface area is 133 Å². The van der Waals surface area contributed by atoms with Crippen LogP contribution in [-0.2, 0) is 0 Å². The van der Waals surface area contributed by atoms with E-state index in [-0.39, 0.29) is 11.7 Å². The van der Waals surface area contributed by atoms with Gasteiger partial charge in [-0.25, -0.2) is 0 Å². The highest BCUT2D eigenvalue weighted by Gasteiger charge is 2.23. The van der Waals surface area contributed by atoms with Crippen LogP contribution < -0.4 is 4.74 Å². The van der Waals surface area contributed by atoms with Crippen LogP contribution in [0.3, 0.4) is 0 Å². The summed E-state index contributed by atoms with van der Waals surface area (Å²) in [5.41, 5.74) is 0.309. The number of amides is 1. The molecule has 5 nitrogen and oxygen atoms in total. The Morgan fingerprint density at radius 1 is 1.33 bits per heavy atom. The standard InChI is InChI=1S/C15H21BrN2O3/c1-21-13-5-2-4-12(14(13)19)15(20)18-8-3-7-17(9-6-16)10-11-18/h2,4-5,19H,3,6-11H2,1H3. The Morgan fingerprint density at radius 2 is 2.14 bits per heavy atom. The lowest BCUT2D eigenvalue weighted by atomic mass is 10.1. The summed E-state index contributed by atoms with van der Waals surface area (Å²) in [6, 6.07) is 5.01. The molecule has 1 aromatic carbocycles. The number of para-hydroxylation sites is 1. The highest BCUT2D eigenvalue weighted by Crippen LogP contribution is 2.30. The molecule has 1 N–H and O–H groups in total. The van der Waals surface area contributed by atoms with Gasteiger partial charge in [0.25, 0.3) is 5.91 Å². The third-order valence-corrected chi connectivity index (χ3v) is 4.08. The van der Waals surface area contributed by atoms with Gasteiger partial charge in [-0.1, -0.05) is 22.0 Å². The number of carbonyl (C=O) groups is 1. The van der Waals surface area contributed by atoms with Crippen LogP contribution in [0.15, 0.2) is 18.2 Å². The van der Waals surface area contributed by atoms with Gasteiger partial charge < -0.3 is 19.6 Å². The minimum Gasteiger partial charge on any atom is -0.504 e. The van der Waals surface area contributed by atoms with E-state index in [1.54, 1.807) is 18.2 Å². The molecule has 1 aliphatic heterocycles. The second-order valence-electron chi connectivity index (χ2n) is 5.03. The van der Waals surface area contributed by atoms with Gasteiger partial charge >= 0.3 is 0 Å². The Kier molecular flexibility index (Phi) is 5.87. The van der Waals surface area contributed by atoms with Crippen LogP contribution in [0.5, 0.6) is 11.5 Å². The summed E-state index contributed by atoms with van der Waals surface area (Å²) in [5.74, 6) is 0.121. The summed E-state index contributed by atoms with van der Waals surface area (Å²) in [5, 5.41) is 11.0. The highest BCUT2D eigenvalue weighted by molar-refractivity contribution is 9.09. The minimum atomic E-state index is -0.132. The van der Waals surface area contributed by atoms with Crippen molar-refractivity contribution in [3.05, 3.63) is 23.8 Å². The van der Waals surface area contributed by atoms with Crippen LogP contribution in [0, 0.1) is 0 Å². The summed E-state index contributed by atoms with van der Waals surface area (Å²) in [4.78, 5) is 16.7. The zero-order chi connectivity index (χ0) is 15.2. The largest absolute Gasteiger partial charge is 0.504 e. The van der Waals surface area contributed by atoms with Gasteiger partial charge in [0.2, 0.25) is 0 Å².